The molecular formula is C16H22O. The Morgan fingerprint density at radius 2 is 2.12 bits per heavy atom. The Morgan fingerprint density at radius 3 is 2.88 bits per heavy atom. The number of rotatable bonds is 4. The van der Waals surface area contributed by atoms with Gasteiger partial charge in [0.15, 0.2) is 0 Å². The Labute approximate surface area is 104 Å². The quantitative estimate of drug-likeness (QED) is 0.406. The van der Waals surface area contributed by atoms with Gasteiger partial charge < -0.3 is 0 Å². The zero-order chi connectivity index (χ0) is 12.1. The Morgan fingerprint density at radius 1 is 1.24 bits per heavy atom. The first-order valence-corrected chi connectivity index (χ1v) is 6.83. The first-order valence-electron chi connectivity index (χ1n) is 6.83. The maximum atomic E-state index is 10.5. The van der Waals surface area contributed by atoms with Crippen LogP contribution >= 0.6 is 0 Å². The van der Waals surface area contributed by atoms with Crippen LogP contribution in [0.4, 0.5) is 0 Å². The van der Waals surface area contributed by atoms with Crippen molar-refractivity contribution in [1.82, 2.24) is 0 Å². The number of allylic oxidation sites excluding steroid dienone is 6. The Kier molecular flexibility index (Phi) is 4.36. The molecule has 0 aromatic heterocycles. The molecule has 0 heterocycles. The molecule has 0 amide bonds. The molecule has 1 saturated carbocycles. The van der Waals surface area contributed by atoms with Crippen LogP contribution in [0, 0.1) is 23.7 Å². The smallest absolute Gasteiger partial charge is 0.142 e. The van der Waals surface area contributed by atoms with Crippen LogP contribution in [0.1, 0.15) is 32.6 Å². The SMILES string of the molecule is CC/C=C/[C@@H]1C=C[C@@H]2CCC[C@H]2[C@@H]1/C=C/C=O. The number of fused-ring (bicyclic) bond motifs is 1. The molecule has 17 heavy (non-hydrogen) atoms. The van der Waals surface area contributed by atoms with Gasteiger partial charge in [0, 0.05) is 5.92 Å². The molecule has 2 aliphatic carbocycles. The van der Waals surface area contributed by atoms with Gasteiger partial charge >= 0.3 is 0 Å². The molecule has 0 N–H and O–H groups in total. The van der Waals surface area contributed by atoms with E-state index >= 15 is 0 Å². The second kappa shape index (κ2) is 6.00. The van der Waals surface area contributed by atoms with Crippen molar-refractivity contribution in [3.8, 4) is 0 Å². The summed E-state index contributed by atoms with van der Waals surface area (Å²) in [4.78, 5) is 10.5. The predicted octanol–water partition coefficient (Wildman–Crippen LogP) is 3.93. The lowest BCUT2D eigenvalue weighted by Gasteiger charge is -2.33. The largest absolute Gasteiger partial charge is 0.299 e. The number of hydrogen-bond acceptors (Lipinski definition) is 1. The van der Waals surface area contributed by atoms with Crippen LogP contribution in [0.3, 0.4) is 0 Å². The minimum Gasteiger partial charge on any atom is -0.299 e. The van der Waals surface area contributed by atoms with E-state index in [1.807, 2.05) is 0 Å². The maximum Gasteiger partial charge on any atom is 0.142 e. The van der Waals surface area contributed by atoms with E-state index in [1.165, 1.54) is 19.3 Å². The van der Waals surface area contributed by atoms with E-state index < -0.39 is 0 Å². The van der Waals surface area contributed by atoms with Crippen molar-refractivity contribution < 1.29 is 4.79 Å². The highest BCUT2D eigenvalue weighted by molar-refractivity contribution is 5.64. The molecule has 92 valence electrons. The summed E-state index contributed by atoms with van der Waals surface area (Å²) >= 11 is 0. The van der Waals surface area contributed by atoms with Gasteiger partial charge in [-0.3, -0.25) is 4.79 Å². The predicted molar refractivity (Wildman–Crippen MR) is 71.6 cm³/mol. The monoisotopic (exact) mass is 230 g/mol. The Bertz CT molecular complexity index is 337. The van der Waals surface area contributed by atoms with E-state index in [2.05, 4.69) is 37.3 Å². The van der Waals surface area contributed by atoms with Gasteiger partial charge in [-0.05, 0) is 43.1 Å². The van der Waals surface area contributed by atoms with E-state index in [-0.39, 0.29) is 0 Å². The van der Waals surface area contributed by atoms with Gasteiger partial charge in [-0.25, -0.2) is 0 Å². The van der Waals surface area contributed by atoms with E-state index in [0.29, 0.717) is 11.8 Å². The molecule has 4 atom stereocenters. The number of hydrogen-bond donors (Lipinski definition) is 0. The zero-order valence-electron chi connectivity index (χ0n) is 10.6. The van der Waals surface area contributed by atoms with Crippen molar-refractivity contribution in [2.75, 3.05) is 0 Å². The third-order valence-electron chi connectivity index (χ3n) is 4.15. The van der Waals surface area contributed by atoms with Gasteiger partial charge in [0.25, 0.3) is 0 Å². The highest BCUT2D eigenvalue weighted by Crippen LogP contribution is 2.45. The van der Waals surface area contributed by atoms with E-state index in [4.69, 9.17) is 0 Å². The summed E-state index contributed by atoms with van der Waals surface area (Å²) in [5.41, 5.74) is 0. The lowest BCUT2D eigenvalue weighted by atomic mass is 9.71. The van der Waals surface area contributed by atoms with Crippen LogP contribution in [0.15, 0.2) is 36.5 Å². The van der Waals surface area contributed by atoms with E-state index in [9.17, 15) is 4.79 Å². The summed E-state index contributed by atoms with van der Waals surface area (Å²) in [7, 11) is 0. The fourth-order valence-electron chi connectivity index (χ4n) is 3.35. The summed E-state index contributed by atoms with van der Waals surface area (Å²) in [5, 5.41) is 0. The second-order valence-electron chi connectivity index (χ2n) is 5.16. The average Bonchev–Trinajstić information content (AvgIpc) is 2.82. The van der Waals surface area contributed by atoms with Crippen LogP contribution in [0.25, 0.3) is 0 Å². The summed E-state index contributed by atoms with van der Waals surface area (Å²) in [5.74, 6) is 2.52. The third kappa shape index (κ3) is 2.77. The summed E-state index contributed by atoms with van der Waals surface area (Å²) in [6.07, 6.45) is 19.1. The number of aldehydes is 1. The van der Waals surface area contributed by atoms with Crippen molar-refractivity contribution >= 4 is 6.29 Å². The van der Waals surface area contributed by atoms with Crippen LogP contribution in [0.2, 0.25) is 0 Å². The minimum absolute atomic E-state index is 0.491. The van der Waals surface area contributed by atoms with Crippen LogP contribution in [0.5, 0.6) is 0 Å². The molecule has 0 spiro atoms. The molecule has 1 fully saturated rings. The first kappa shape index (κ1) is 12.3. The van der Waals surface area contributed by atoms with E-state index in [1.54, 1.807) is 6.08 Å². The molecule has 2 rings (SSSR count). The summed E-state index contributed by atoms with van der Waals surface area (Å²) < 4.78 is 0. The molecule has 0 unspecified atom stereocenters. The molecule has 0 aliphatic heterocycles. The average molecular weight is 230 g/mol. The molecule has 0 saturated heterocycles. The normalized spacial score (nSPS) is 36.8. The maximum absolute atomic E-state index is 10.5. The van der Waals surface area contributed by atoms with Gasteiger partial charge in [0.1, 0.15) is 6.29 Å². The van der Waals surface area contributed by atoms with E-state index in [0.717, 1.165) is 24.5 Å². The Hall–Kier alpha value is -1.11. The lowest BCUT2D eigenvalue weighted by molar-refractivity contribution is -0.104. The van der Waals surface area contributed by atoms with Crippen LogP contribution < -0.4 is 0 Å². The third-order valence-corrected chi connectivity index (χ3v) is 4.15. The molecule has 0 aromatic rings. The van der Waals surface area contributed by atoms with Crippen molar-refractivity contribution in [2.45, 2.75) is 32.6 Å². The number of carbonyl (C=O) groups is 1. The molecule has 2 aliphatic rings. The summed E-state index contributed by atoms with van der Waals surface area (Å²) in [6, 6.07) is 0. The van der Waals surface area contributed by atoms with Crippen molar-refractivity contribution in [3.05, 3.63) is 36.5 Å². The molecule has 0 radical (unpaired) electrons. The fourth-order valence-corrected chi connectivity index (χ4v) is 3.35. The van der Waals surface area contributed by atoms with Crippen LogP contribution in [-0.4, -0.2) is 6.29 Å². The lowest BCUT2D eigenvalue weighted by Crippen LogP contribution is -2.26. The minimum atomic E-state index is 0.491. The molecule has 1 heteroatoms. The van der Waals surface area contributed by atoms with Crippen molar-refractivity contribution in [2.24, 2.45) is 23.7 Å². The standard InChI is InChI=1S/C16H22O/c1-2-3-6-13-10-11-14-7-4-8-15(14)16(13)9-5-12-17/h3,5-6,9-16H,2,4,7-8H2,1H3/b6-3+,9-5+/t13-,14+,15-,16-/m1/s1. The van der Waals surface area contributed by atoms with Crippen LogP contribution in [-0.2, 0) is 4.79 Å². The van der Waals surface area contributed by atoms with Gasteiger partial charge in [-0.1, -0.05) is 43.7 Å². The topological polar surface area (TPSA) is 17.1 Å². The van der Waals surface area contributed by atoms with Gasteiger partial charge in [-0.2, -0.15) is 0 Å². The zero-order valence-corrected chi connectivity index (χ0v) is 10.6. The fraction of sp³-hybridized carbons (Fsp3) is 0.562. The molecular weight excluding hydrogens is 208 g/mol. The first-order chi connectivity index (χ1) is 8.36. The molecule has 0 aromatic carbocycles. The van der Waals surface area contributed by atoms with Gasteiger partial charge in [0.2, 0.25) is 0 Å². The number of carbonyl (C=O) groups excluding carboxylic acids is 1. The van der Waals surface area contributed by atoms with Crippen molar-refractivity contribution in [3.63, 3.8) is 0 Å². The van der Waals surface area contributed by atoms with Gasteiger partial charge in [0.05, 0.1) is 0 Å². The van der Waals surface area contributed by atoms with Crippen molar-refractivity contribution in [1.29, 1.82) is 0 Å². The second-order valence-corrected chi connectivity index (χ2v) is 5.16. The highest BCUT2D eigenvalue weighted by Gasteiger charge is 2.36. The molecule has 0 bridgehead atoms. The van der Waals surface area contributed by atoms with Gasteiger partial charge in [-0.15, -0.1) is 0 Å². The Balaban J connectivity index is 2.18. The molecule has 1 nitrogen and oxygen atoms in total. The highest BCUT2D eigenvalue weighted by atomic mass is 16.1. The summed E-state index contributed by atoms with van der Waals surface area (Å²) in [6.45, 7) is 2.16.